The molecule has 3 unspecified atom stereocenters. The van der Waals surface area contributed by atoms with Crippen LogP contribution in [0, 0.1) is 0 Å². The van der Waals surface area contributed by atoms with E-state index in [1.165, 1.54) is 0 Å². The predicted molar refractivity (Wildman–Crippen MR) is 87.6 cm³/mol. The van der Waals surface area contributed by atoms with Crippen LogP contribution < -0.4 is 0 Å². The summed E-state index contributed by atoms with van der Waals surface area (Å²) >= 11 is -0.617. The lowest BCUT2D eigenvalue weighted by Crippen LogP contribution is -2.30. The van der Waals surface area contributed by atoms with Crippen LogP contribution in [-0.2, 0) is 0 Å². The summed E-state index contributed by atoms with van der Waals surface area (Å²) in [5.41, 5.74) is 0. The summed E-state index contributed by atoms with van der Waals surface area (Å²) in [6, 6.07) is 0. The summed E-state index contributed by atoms with van der Waals surface area (Å²) in [5, 5.41) is 0. The molecule has 0 aromatic carbocycles. The van der Waals surface area contributed by atoms with E-state index in [9.17, 15) is 0 Å². The van der Waals surface area contributed by atoms with Crippen molar-refractivity contribution < 1.29 is 0 Å². The van der Waals surface area contributed by atoms with Crippen LogP contribution in [0.3, 0.4) is 0 Å². The average molecular weight is 291 g/mol. The largest absolute Gasteiger partial charge is 0.263 e. The van der Waals surface area contributed by atoms with E-state index < -0.39 is 0 Å². The van der Waals surface area contributed by atoms with Crippen molar-refractivity contribution >= 4 is 33.8 Å². The molecule has 0 aromatic heterocycles. The van der Waals surface area contributed by atoms with Gasteiger partial charge in [-0.25, -0.2) is 0 Å². The first kappa shape index (κ1) is 16.9. The first-order chi connectivity index (χ1) is 7.20. The van der Waals surface area contributed by atoms with Crippen LogP contribution in [0.1, 0.15) is 0 Å². The van der Waals surface area contributed by atoms with Gasteiger partial charge in [-0.15, -0.1) is 33.8 Å². The molecule has 4 nitrogen and oxygen atoms in total. The van der Waals surface area contributed by atoms with E-state index >= 15 is 0 Å². The monoisotopic (exact) mass is 290 g/mol. The molecule has 16 heavy (non-hydrogen) atoms. The Hall–Kier alpha value is 0.890. The average Bonchev–Trinajstić information content (AvgIpc) is 2.16. The van der Waals surface area contributed by atoms with Crippen LogP contribution in [0.25, 0.3) is 0 Å². The SMILES string of the molecule is CN(C)[SH](C)N([SH](C)N(C)C)[SH](C)N(C)C. The maximum absolute atomic E-state index is 2.69. The highest BCUT2D eigenvalue weighted by Crippen LogP contribution is 2.54. The summed E-state index contributed by atoms with van der Waals surface area (Å²) in [5.74, 6) is 0. The van der Waals surface area contributed by atoms with Crippen molar-refractivity contribution in [2.24, 2.45) is 0 Å². The number of thiol groups is 3. The summed E-state index contributed by atoms with van der Waals surface area (Å²) in [6.07, 6.45) is 7.04. The third kappa shape index (κ3) is 4.64. The fraction of sp³-hybridized carbons (Fsp3) is 1.00. The number of rotatable bonds is 6. The highest BCUT2D eigenvalue weighted by atomic mass is 32.3. The standard InChI is InChI=1S/C9H30N4S3/c1-10(2)14(7)13(15(8)11(3)4)16(9)12(5)6/h14-16H,1-9H3. The molecule has 0 radical (unpaired) electrons. The van der Waals surface area contributed by atoms with Gasteiger partial charge in [-0.2, -0.15) is 3.12 Å². The molecule has 0 heterocycles. The van der Waals surface area contributed by atoms with Crippen LogP contribution in [0.5, 0.6) is 0 Å². The molecule has 104 valence electrons. The minimum Gasteiger partial charge on any atom is -0.263 e. The van der Waals surface area contributed by atoms with E-state index in [4.69, 9.17) is 0 Å². The molecule has 0 aliphatic rings. The van der Waals surface area contributed by atoms with Gasteiger partial charge in [0.15, 0.2) is 0 Å². The van der Waals surface area contributed by atoms with Crippen LogP contribution in [0.4, 0.5) is 0 Å². The highest BCUT2D eigenvalue weighted by molar-refractivity contribution is 8.39. The minimum atomic E-state index is -0.206. The molecule has 3 atom stereocenters. The van der Waals surface area contributed by atoms with Gasteiger partial charge < -0.3 is 0 Å². The second-order valence-electron chi connectivity index (χ2n) is 4.28. The molecule has 0 N–H and O–H groups in total. The van der Waals surface area contributed by atoms with E-state index in [1.54, 1.807) is 0 Å². The van der Waals surface area contributed by atoms with Crippen LogP contribution in [-0.4, -0.2) is 77.1 Å². The van der Waals surface area contributed by atoms with Crippen molar-refractivity contribution in [3.63, 3.8) is 0 Å². The smallest absolute Gasteiger partial charge is 0.00341 e. The Kier molecular flexibility index (Phi) is 7.76. The van der Waals surface area contributed by atoms with Crippen molar-refractivity contribution in [2.45, 2.75) is 0 Å². The molecule has 0 saturated carbocycles. The summed E-state index contributed by atoms with van der Waals surface area (Å²) in [7, 11) is 13.1. The molecule has 0 saturated heterocycles. The van der Waals surface area contributed by atoms with Crippen molar-refractivity contribution in [3.05, 3.63) is 0 Å². The van der Waals surface area contributed by atoms with E-state index in [0.717, 1.165) is 0 Å². The second-order valence-corrected chi connectivity index (χ2v) is 11.8. The molecule has 0 aliphatic carbocycles. The molecule has 0 aromatic rings. The Morgan fingerprint density at radius 3 is 0.812 bits per heavy atom. The second kappa shape index (κ2) is 7.35. The van der Waals surface area contributed by atoms with Crippen molar-refractivity contribution in [1.29, 1.82) is 0 Å². The van der Waals surface area contributed by atoms with Crippen molar-refractivity contribution in [1.82, 2.24) is 16.0 Å². The quantitative estimate of drug-likeness (QED) is 0.639. The van der Waals surface area contributed by atoms with Crippen molar-refractivity contribution in [2.75, 3.05) is 61.1 Å². The maximum atomic E-state index is 2.69. The van der Waals surface area contributed by atoms with Gasteiger partial charge in [-0.05, 0) is 61.1 Å². The Labute approximate surface area is 111 Å². The zero-order chi connectivity index (χ0) is 13.0. The molecule has 7 heteroatoms. The Morgan fingerprint density at radius 2 is 0.688 bits per heavy atom. The van der Waals surface area contributed by atoms with E-state index in [0.29, 0.717) is 0 Å². The third-order valence-electron chi connectivity index (χ3n) is 2.51. The fourth-order valence-electron chi connectivity index (χ4n) is 1.04. The molecule has 0 amide bonds. The molecule has 0 bridgehead atoms. The number of hydrogen-bond acceptors (Lipinski definition) is 4. The molecular weight excluding hydrogens is 260 g/mol. The van der Waals surface area contributed by atoms with Gasteiger partial charge in [0.25, 0.3) is 0 Å². The van der Waals surface area contributed by atoms with Gasteiger partial charge in [0.2, 0.25) is 0 Å². The van der Waals surface area contributed by atoms with Gasteiger partial charge in [-0.1, -0.05) is 0 Å². The van der Waals surface area contributed by atoms with Gasteiger partial charge in [0.05, 0.1) is 0 Å². The van der Waals surface area contributed by atoms with E-state index in [-0.39, 0.29) is 33.8 Å². The maximum Gasteiger partial charge on any atom is -0.00341 e. The van der Waals surface area contributed by atoms with Gasteiger partial charge in [0.1, 0.15) is 0 Å². The Bertz CT molecular complexity index is 168. The van der Waals surface area contributed by atoms with Gasteiger partial charge in [0, 0.05) is 0 Å². The van der Waals surface area contributed by atoms with E-state index in [1.807, 2.05) is 0 Å². The Balaban J connectivity index is 4.89. The normalized spacial score (nSPS) is 21.9. The summed E-state index contributed by atoms with van der Waals surface area (Å²) < 4.78 is 9.74. The molecule has 0 fully saturated rings. The van der Waals surface area contributed by atoms with Crippen molar-refractivity contribution in [3.8, 4) is 0 Å². The topological polar surface area (TPSA) is 13.0 Å². The lowest BCUT2D eigenvalue weighted by molar-refractivity contribution is 0.641. The molecule has 0 aliphatic heterocycles. The molecule has 0 rings (SSSR count). The lowest BCUT2D eigenvalue weighted by Gasteiger charge is -2.50. The van der Waals surface area contributed by atoms with Crippen LogP contribution >= 0.6 is 33.8 Å². The molecular formula is C9H30N4S3. The van der Waals surface area contributed by atoms with Crippen LogP contribution in [0.2, 0.25) is 0 Å². The van der Waals surface area contributed by atoms with Gasteiger partial charge in [-0.3, -0.25) is 12.9 Å². The van der Waals surface area contributed by atoms with Crippen LogP contribution in [0.15, 0.2) is 0 Å². The highest BCUT2D eigenvalue weighted by Gasteiger charge is 2.23. The fourth-order valence-corrected chi connectivity index (χ4v) is 9.38. The number of nitrogens with zero attached hydrogens (tertiary/aromatic N) is 4. The summed E-state index contributed by atoms with van der Waals surface area (Å²) in [6.45, 7) is 0. The van der Waals surface area contributed by atoms with E-state index in [2.05, 4.69) is 77.1 Å². The third-order valence-corrected chi connectivity index (χ3v) is 12.2. The lowest BCUT2D eigenvalue weighted by atomic mass is 11.3. The minimum absolute atomic E-state index is 0.206. The first-order valence-electron chi connectivity index (χ1n) is 5.22. The summed E-state index contributed by atoms with van der Waals surface area (Å²) in [4.78, 5) is 0. The van der Waals surface area contributed by atoms with Gasteiger partial charge >= 0.3 is 0 Å². The first-order valence-corrected chi connectivity index (χ1v) is 10.3. The number of hydrogen-bond donors (Lipinski definition) is 3. The molecule has 0 spiro atoms. The zero-order valence-corrected chi connectivity index (χ0v) is 14.8. The Morgan fingerprint density at radius 1 is 0.500 bits per heavy atom. The zero-order valence-electron chi connectivity index (χ0n) is 12.1. The predicted octanol–water partition coefficient (Wildman–Crippen LogP) is 1.36.